The van der Waals surface area contributed by atoms with Gasteiger partial charge in [-0.25, -0.2) is 4.79 Å². The molecule has 1 heterocycles. The van der Waals surface area contributed by atoms with Crippen molar-refractivity contribution in [2.45, 2.75) is 13.5 Å². The second kappa shape index (κ2) is 10.2. The summed E-state index contributed by atoms with van der Waals surface area (Å²) in [4.78, 5) is 25.3. The van der Waals surface area contributed by atoms with Gasteiger partial charge in [-0.2, -0.15) is 4.80 Å². The summed E-state index contributed by atoms with van der Waals surface area (Å²) in [6, 6.07) is 11.8. The minimum atomic E-state index is -0.657. The molecule has 3 aromatic rings. The van der Waals surface area contributed by atoms with Crippen molar-refractivity contribution in [3.8, 4) is 28.6 Å². The number of tetrazole rings is 1. The van der Waals surface area contributed by atoms with Gasteiger partial charge in [-0.1, -0.05) is 0 Å². The highest BCUT2D eigenvalue weighted by atomic mass is 16.5. The summed E-state index contributed by atoms with van der Waals surface area (Å²) in [6.45, 7) is 1.72. The Bertz CT molecular complexity index is 1050. The molecule has 0 aliphatic carbocycles. The lowest BCUT2D eigenvalue weighted by atomic mass is 10.1. The maximum atomic E-state index is 12.1. The van der Waals surface area contributed by atoms with Crippen LogP contribution in [0.1, 0.15) is 17.3 Å². The SMILES string of the molecule is CCOc1ccc(-c2nnn(CC(=O)OCC(=O)c3ccc(OC)cc3)n2)cc1OC. The summed E-state index contributed by atoms with van der Waals surface area (Å²) in [5.41, 5.74) is 1.06. The maximum absolute atomic E-state index is 12.1. The van der Waals surface area contributed by atoms with Crippen molar-refractivity contribution in [1.82, 2.24) is 20.2 Å². The van der Waals surface area contributed by atoms with Crippen molar-refractivity contribution in [2.24, 2.45) is 0 Å². The number of benzene rings is 2. The molecule has 0 aliphatic rings. The number of carbonyl (C=O) groups excluding carboxylic acids is 2. The van der Waals surface area contributed by atoms with Gasteiger partial charge in [0.25, 0.3) is 0 Å². The van der Waals surface area contributed by atoms with Gasteiger partial charge >= 0.3 is 5.97 Å². The molecule has 0 saturated heterocycles. The Morgan fingerprint density at radius 3 is 2.45 bits per heavy atom. The molecule has 0 amide bonds. The largest absolute Gasteiger partial charge is 0.497 e. The number of ether oxygens (including phenoxy) is 4. The van der Waals surface area contributed by atoms with Crippen LogP contribution in [-0.2, 0) is 16.1 Å². The number of hydrogen-bond acceptors (Lipinski definition) is 9. The van der Waals surface area contributed by atoms with Gasteiger partial charge in [0, 0.05) is 11.1 Å². The lowest BCUT2D eigenvalue weighted by Crippen LogP contribution is -2.19. The molecular weight excluding hydrogens is 404 g/mol. The molecule has 0 saturated carbocycles. The van der Waals surface area contributed by atoms with Gasteiger partial charge < -0.3 is 18.9 Å². The fourth-order valence-corrected chi connectivity index (χ4v) is 2.67. The third kappa shape index (κ3) is 5.56. The van der Waals surface area contributed by atoms with Gasteiger partial charge in [-0.05, 0) is 54.6 Å². The van der Waals surface area contributed by atoms with Gasteiger partial charge in [0.1, 0.15) is 5.75 Å². The Hall–Kier alpha value is -3.95. The minimum Gasteiger partial charge on any atom is -0.497 e. The molecule has 0 fully saturated rings. The summed E-state index contributed by atoms with van der Waals surface area (Å²) in [5.74, 6) is 1.09. The molecule has 162 valence electrons. The molecule has 0 unspecified atom stereocenters. The second-order valence-corrected chi connectivity index (χ2v) is 6.25. The fourth-order valence-electron chi connectivity index (χ4n) is 2.67. The van der Waals surface area contributed by atoms with Crippen LogP contribution in [0.15, 0.2) is 42.5 Å². The van der Waals surface area contributed by atoms with Crippen molar-refractivity contribution >= 4 is 11.8 Å². The number of nitrogens with zero attached hydrogens (tertiary/aromatic N) is 4. The van der Waals surface area contributed by atoms with Gasteiger partial charge in [0.2, 0.25) is 5.82 Å². The Labute approximate surface area is 178 Å². The zero-order chi connectivity index (χ0) is 22.2. The Kier molecular flexibility index (Phi) is 7.15. The monoisotopic (exact) mass is 426 g/mol. The molecule has 0 aliphatic heterocycles. The number of Topliss-reactive ketones (excluding diaryl/α,β-unsaturated/α-hetero) is 1. The van der Waals surface area contributed by atoms with E-state index in [1.165, 1.54) is 14.2 Å². The predicted molar refractivity (Wildman–Crippen MR) is 109 cm³/mol. The molecule has 2 aromatic carbocycles. The smallest absolute Gasteiger partial charge is 0.330 e. The van der Waals surface area contributed by atoms with Crippen LogP contribution in [-0.4, -0.2) is 59.4 Å². The molecule has 3 rings (SSSR count). The number of hydrogen-bond donors (Lipinski definition) is 0. The summed E-state index contributed by atoms with van der Waals surface area (Å²) < 4.78 is 20.9. The third-order valence-corrected chi connectivity index (χ3v) is 4.22. The average Bonchev–Trinajstić information content (AvgIpc) is 3.26. The van der Waals surface area contributed by atoms with E-state index in [2.05, 4.69) is 15.4 Å². The summed E-state index contributed by atoms with van der Waals surface area (Å²) in [5, 5.41) is 12.0. The highest BCUT2D eigenvalue weighted by molar-refractivity contribution is 5.98. The van der Waals surface area contributed by atoms with Crippen LogP contribution < -0.4 is 14.2 Å². The summed E-state index contributed by atoms with van der Waals surface area (Å²) >= 11 is 0. The highest BCUT2D eigenvalue weighted by Gasteiger charge is 2.15. The van der Waals surface area contributed by atoms with Crippen molar-refractivity contribution in [3.63, 3.8) is 0 Å². The average molecular weight is 426 g/mol. The molecule has 0 N–H and O–H groups in total. The first-order valence-corrected chi connectivity index (χ1v) is 9.46. The Balaban J connectivity index is 1.57. The van der Waals surface area contributed by atoms with Crippen molar-refractivity contribution < 1.29 is 28.5 Å². The van der Waals surface area contributed by atoms with Crippen molar-refractivity contribution in [2.75, 3.05) is 27.4 Å². The predicted octanol–water partition coefficient (Wildman–Crippen LogP) is 2.18. The lowest BCUT2D eigenvalue weighted by Gasteiger charge is -2.09. The molecule has 0 spiro atoms. The molecular formula is C21H22N4O6. The molecule has 0 radical (unpaired) electrons. The van der Waals surface area contributed by atoms with Crippen molar-refractivity contribution in [1.29, 1.82) is 0 Å². The number of esters is 1. The van der Waals surface area contributed by atoms with Crippen LogP contribution in [0.3, 0.4) is 0 Å². The highest BCUT2D eigenvalue weighted by Crippen LogP contribution is 2.31. The number of carbonyl (C=O) groups is 2. The standard InChI is InChI=1S/C21H22N4O6/c1-4-30-18-10-7-15(11-19(18)29-3)21-22-24-25(23-21)12-20(27)31-13-17(26)14-5-8-16(28-2)9-6-14/h5-11H,4,12-13H2,1-3H3. The van der Waals surface area contributed by atoms with Gasteiger partial charge in [-0.3, -0.25) is 4.79 Å². The van der Waals surface area contributed by atoms with E-state index in [9.17, 15) is 9.59 Å². The first kappa shape index (κ1) is 21.8. The quantitative estimate of drug-likeness (QED) is 0.355. The van der Waals surface area contributed by atoms with E-state index in [-0.39, 0.29) is 18.9 Å². The first-order valence-electron chi connectivity index (χ1n) is 9.46. The van der Waals surface area contributed by atoms with Gasteiger partial charge in [-0.15, -0.1) is 10.2 Å². The van der Waals surface area contributed by atoms with E-state index in [0.29, 0.717) is 40.8 Å². The van der Waals surface area contributed by atoms with Crippen LogP contribution in [0.5, 0.6) is 17.2 Å². The molecule has 0 bridgehead atoms. The van der Waals surface area contributed by atoms with E-state index in [0.717, 1.165) is 4.80 Å². The van der Waals surface area contributed by atoms with Crippen LogP contribution in [0, 0.1) is 0 Å². The third-order valence-electron chi connectivity index (χ3n) is 4.22. The fraction of sp³-hybridized carbons (Fsp3) is 0.286. The molecule has 10 heteroatoms. The second-order valence-electron chi connectivity index (χ2n) is 6.25. The van der Waals surface area contributed by atoms with Crippen LogP contribution in [0.2, 0.25) is 0 Å². The number of aromatic nitrogens is 4. The molecule has 10 nitrogen and oxygen atoms in total. The molecule has 31 heavy (non-hydrogen) atoms. The zero-order valence-corrected chi connectivity index (χ0v) is 17.4. The van der Waals surface area contributed by atoms with Crippen molar-refractivity contribution in [3.05, 3.63) is 48.0 Å². The summed E-state index contributed by atoms with van der Waals surface area (Å²) in [6.07, 6.45) is 0. The first-order chi connectivity index (χ1) is 15.0. The van der Waals surface area contributed by atoms with Gasteiger partial charge in [0.05, 0.1) is 20.8 Å². The van der Waals surface area contributed by atoms with Crippen LogP contribution >= 0.6 is 0 Å². The van der Waals surface area contributed by atoms with Crippen LogP contribution in [0.4, 0.5) is 0 Å². The Morgan fingerprint density at radius 2 is 1.77 bits per heavy atom. The van der Waals surface area contributed by atoms with E-state index in [1.54, 1.807) is 42.5 Å². The summed E-state index contributed by atoms with van der Waals surface area (Å²) in [7, 11) is 3.07. The number of ketones is 1. The minimum absolute atomic E-state index is 0.281. The lowest BCUT2D eigenvalue weighted by molar-refractivity contribution is -0.143. The molecule has 0 atom stereocenters. The van der Waals surface area contributed by atoms with Crippen LogP contribution in [0.25, 0.3) is 11.4 Å². The number of rotatable bonds is 10. The van der Waals surface area contributed by atoms with E-state index < -0.39 is 5.97 Å². The molecule has 1 aromatic heterocycles. The van der Waals surface area contributed by atoms with E-state index in [4.69, 9.17) is 18.9 Å². The van der Waals surface area contributed by atoms with E-state index >= 15 is 0 Å². The van der Waals surface area contributed by atoms with E-state index in [1.807, 2.05) is 6.92 Å². The normalized spacial score (nSPS) is 10.4. The Morgan fingerprint density at radius 1 is 1.00 bits per heavy atom. The van der Waals surface area contributed by atoms with Gasteiger partial charge in [0.15, 0.2) is 30.4 Å². The topological polar surface area (TPSA) is 115 Å². The number of methoxy groups -OCH3 is 2. The maximum Gasteiger partial charge on any atom is 0.330 e. The zero-order valence-electron chi connectivity index (χ0n) is 17.4.